The number of anilines is 1. The molecule has 1 amide bonds. The molecule has 0 aliphatic heterocycles. The van der Waals surface area contributed by atoms with E-state index in [0.29, 0.717) is 18.2 Å². The predicted octanol–water partition coefficient (Wildman–Crippen LogP) is 2.23. The number of amides is 1. The van der Waals surface area contributed by atoms with Crippen LogP contribution in [0.2, 0.25) is 0 Å². The van der Waals surface area contributed by atoms with E-state index in [9.17, 15) is 32.5 Å². The van der Waals surface area contributed by atoms with Crippen molar-refractivity contribution >= 4 is 17.3 Å². The van der Waals surface area contributed by atoms with Gasteiger partial charge in [-0.25, -0.2) is 4.39 Å². The lowest BCUT2D eigenvalue weighted by atomic mass is 10.2. The van der Waals surface area contributed by atoms with Gasteiger partial charge in [-0.1, -0.05) is 0 Å². The number of hydrogen-bond acceptors (Lipinski definition) is 3. The summed E-state index contributed by atoms with van der Waals surface area (Å²) in [5.41, 5.74) is -1.68. The van der Waals surface area contributed by atoms with E-state index in [0.717, 1.165) is 0 Å². The monoisotopic (exact) mass is 252 g/mol. The zero-order chi connectivity index (χ0) is 13.2. The van der Waals surface area contributed by atoms with E-state index in [-0.39, 0.29) is 0 Å². The van der Waals surface area contributed by atoms with Crippen LogP contribution in [0.4, 0.5) is 28.9 Å². The number of benzene rings is 1. The van der Waals surface area contributed by atoms with Crippen LogP contribution in [0.3, 0.4) is 0 Å². The van der Waals surface area contributed by atoms with Gasteiger partial charge in [-0.3, -0.25) is 14.9 Å². The van der Waals surface area contributed by atoms with Crippen LogP contribution >= 0.6 is 0 Å². The van der Waals surface area contributed by atoms with Gasteiger partial charge in [-0.15, -0.1) is 0 Å². The number of halogens is 4. The standard InChI is InChI=1S/C8H4F4N2O3/c9-4-1-2-6(14(16)17)5(3-4)13-7(15)8(10,11)12/h1-3H,(H,13,15). The first-order valence-corrected chi connectivity index (χ1v) is 4.04. The first-order valence-electron chi connectivity index (χ1n) is 4.04. The molecule has 0 unspecified atom stereocenters. The molecule has 0 heterocycles. The molecule has 1 rings (SSSR count). The van der Waals surface area contributed by atoms with Crippen molar-refractivity contribution in [3.63, 3.8) is 0 Å². The van der Waals surface area contributed by atoms with E-state index < -0.39 is 34.2 Å². The summed E-state index contributed by atoms with van der Waals surface area (Å²) in [5.74, 6) is -3.42. The molecule has 1 aromatic carbocycles. The van der Waals surface area contributed by atoms with Gasteiger partial charge in [-0.05, 0) is 6.07 Å². The quantitative estimate of drug-likeness (QED) is 0.498. The molecular formula is C8H4F4N2O3. The summed E-state index contributed by atoms with van der Waals surface area (Å²) in [6.07, 6.45) is -5.21. The van der Waals surface area contributed by atoms with Gasteiger partial charge in [0.1, 0.15) is 11.5 Å². The first kappa shape index (κ1) is 12.9. The number of nitrogens with one attached hydrogen (secondary N) is 1. The molecule has 0 aromatic heterocycles. The number of nitro groups is 1. The molecule has 1 N–H and O–H groups in total. The highest BCUT2D eigenvalue weighted by atomic mass is 19.4. The van der Waals surface area contributed by atoms with Gasteiger partial charge in [0.2, 0.25) is 0 Å². The van der Waals surface area contributed by atoms with Crippen molar-refractivity contribution in [2.24, 2.45) is 0 Å². The Labute approximate surface area is 91.2 Å². The fourth-order valence-corrected chi connectivity index (χ4v) is 0.961. The number of hydrogen-bond donors (Lipinski definition) is 1. The maximum absolute atomic E-state index is 12.7. The van der Waals surface area contributed by atoms with E-state index in [1.54, 1.807) is 0 Å². The van der Waals surface area contributed by atoms with Gasteiger partial charge >= 0.3 is 12.1 Å². The summed E-state index contributed by atoms with van der Waals surface area (Å²) in [4.78, 5) is 19.9. The van der Waals surface area contributed by atoms with Gasteiger partial charge in [-0.2, -0.15) is 13.2 Å². The molecule has 0 atom stereocenters. The third kappa shape index (κ3) is 3.13. The Balaban J connectivity index is 3.09. The molecule has 5 nitrogen and oxygen atoms in total. The Morgan fingerprint density at radius 1 is 1.35 bits per heavy atom. The largest absolute Gasteiger partial charge is 0.471 e. The SMILES string of the molecule is O=C(Nc1cc(F)ccc1[N+](=O)[O-])C(F)(F)F. The molecular weight excluding hydrogens is 248 g/mol. The van der Waals surface area contributed by atoms with Gasteiger partial charge < -0.3 is 5.32 Å². The summed E-state index contributed by atoms with van der Waals surface area (Å²) in [5, 5.41) is 11.6. The normalized spacial score (nSPS) is 11.1. The fourth-order valence-electron chi connectivity index (χ4n) is 0.961. The molecule has 9 heteroatoms. The Kier molecular flexibility index (Phi) is 3.30. The minimum absolute atomic E-state index is 0.432. The molecule has 0 fully saturated rings. The number of nitro benzene ring substituents is 1. The lowest BCUT2D eigenvalue weighted by molar-refractivity contribution is -0.384. The Morgan fingerprint density at radius 3 is 2.41 bits per heavy atom. The van der Waals surface area contributed by atoms with Crippen LogP contribution in [0.25, 0.3) is 0 Å². The second-order valence-electron chi connectivity index (χ2n) is 2.87. The Hall–Kier alpha value is -2.19. The second kappa shape index (κ2) is 4.36. The molecule has 0 saturated heterocycles. The second-order valence-corrected chi connectivity index (χ2v) is 2.87. The van der Waals surface area contributed by atoms with Crippen molar-refractivity contribution in [2.45, 2.75) is 6.18 Å². The predicted molar refractivity (Wildman–Crippen MR) is 47.7 cm³/mol. The van der Waals surface area contributed by atoms with Crippen LogP contribution < -0.4 is 5.32 Å². The third-order valence-electron chi connectivity index (χ3n) is 1.66. The lowest BCUT2D eigenvalue weighted by Gasteiger charge is -2.08. The van der Waals surface area contributed by atoms with Crippen molar-refractivity contribution in [3.05, 3.63) is 34.1 Å². The van der Waals surface area contributed by atoms with Crippen molar-refractivity contribution in [1.29, 1.82) is 0 Å². The van der Waals surface area contributed by atoms with Crippen LogP contribution in [0, 0.1) is 15.9 Å². The highest BCUT2D eigenvalue weighted by Crippen LogP contribution is 2.27. The van der Waals surface area contributed by atoms with E-state index in [2.05, 4.69) is 0 Å². The summed E-state index contributed by atoms with van der Waals surface area (Å²) >= 11 is 0. The molecule has 0 spiro atoms. The van der Waals surface area contributed by atoms with Crippen LogP contribution in [-0.2, 0) is 4.79 Å². The number of rotatable bonds is 2. The van der Waals surface area contributed by atoms with Crippen LogP contribution in [0.15, 0.2) is 18.2 Å². The molecule has 92 valence electrons. The Morgan fingerprint density at radius 2 is 1.94 bits per heavy atom. The summed E-state index contributed by atoms with van der Waals surface area (Å²) in [6, 6.07) is 1.78. The average Bonchev–Trinajstić information content (AvgIpc) is 2.15. The van der Waals surface area contributed by atoms with Gasteiger partial charge in [0.05, 0.1) is 4.92 Å². The maximum Gasteiger partial charge on any atom is 0.471 e. The van der Waals surface area contributed by atoms with E-state index in [1.165, 1.54) is 5.32 Å². The average molecular weight is 252 g/mol. The number of alkyl halides is 3. The van der Waals surface area contributed by atoms with Crippen molar-refractivity contribution in [2.75, 3.05) is 5.32 Å². The summed E-state index contributed by atoms with van der Waals surface area (Å²) in [7, 11) is 0. The minimum Gasteiger partial charge on any atom is -0.312 e. The van der Waals surface area contributed by atoms with Crippen LogP contribution in [0.1, 0.15) is 0 Å². The summed E-state index contributed by atoms with van der Waals surface area (Å²) in [6.45, 7) is 0. The van der Waals surface area contributed by atoms with Crippen molar-refractivity contribution in [3.8, 4) is 0 Å². The van der Waals surface area contributed by atoms with Gasteiger partial charge in [0, 0.05) is 12.1 Å². The highest BCUT2D eigenvalue weighted by Gasteiger charge is 2.39. The van der Waals surface area contributed by atoms with Crippen LogP contribution in [-0.4, -0.2) is 17.0 Å². The summed E-state index contributed by atoms with van der Waals surface area (Å²) < 4.78 is 48.4. The number of carbonyl (C=O) groups excluding carboxylic acids is 1. The van der Waals surface area contributed by atoms with E-state index >= 15 is 0 Å². The van der Waals surface area contributed by atoms with E-state index in [1.807, 2.05) is 0 Å². The molecule has 0 aliphatic carbocycles. The zero-order valence-corrected chi connectivity index (χ0v) is 7.92. The molecule has 0 aliphatic rings. The molecule has 0 radical (unpaired) electrons. The molecule has 17 heavy (non-hydrogen) atoms. The minimum atomic E-state index is -5.21. The van der Waals surface area contributed by atoms with E-state index in [4.69, 9.17) is 0 Å². The first-order chi connectivity index (χ1) is 7.71. The van der Waals surface area contributed by atoms with Crippen LogP contribution in [0.5, 0.6) is 0 Å². The van der Waals surface area contributed by atoms with Crippen molar-refractivity contribution in [1.82, 2.24) is 0 Å². The lowest BCUT2D eigenvalue weighted by Crippen LogP contribution is -2.30. The zero-order valence-electron chi connectivity index (χ0n) is 7.92. The third-order valence-corrected chi connectivity index (χ3v) is 1.66. The van der Waals surface area contributed by atoms with Crippen molar-refractivity contribution < 1.29 is 27.3 Å². The molecule has 0 bridgehead atoms. The van der Waals surface area contributed by atoms with Gasteiger partial charge in [0.25, 0.3) is 5.69 Å². The van der Waals surface area contributed by atoms with Gasteiger partial charge in [0.15, 0.2) is 0 Å². The highest BCUT2D eigenvalue weighted by molar-refractivity contribution is 5.96. The molecule has 0 saturated carbocycles. The smallest absolute Gasteiger partial charge is 0.312 e. The Bertz CT molecular complexity index is 472. The molecule has 1 aromatic rings. The topological polar surface area (TPSA) is 72.2 Å². The number of carbonyl (C=O) groups is 1. The fraction of sp³-hybridized carbons (Fsp3) is 0.125. The maximum atomic E-state index is 12.7. The number of nitrogens with zero attached hydrogens (tertiary/aromatic N) is 1.